The Morgan fingerprint density at radius 2 is 1.89 bits per heavy atom. The molecule has 2 heterocycles. The first-order valence-corrected chi connectivity index (χ1v) is 6.54. The molecule has 0 aliphatic carbocycles. The molecule has 0 bridgehead atoms. The summed E-state index contributed by atoms with van der Waals surface area (Å²) in [4.78, 5) is 4.64. The molecule has 4 heteroatoms. The monoisotopic (exact) mass is 271 g/mol. The molecule has 0 saturated heterocycles. The number of rotatable bonds is 3. The average molecular weight is 272 g/mol. The quantitative estimate of drug-likeness (QED) is 0.796. The number of aromatic nitrogens is 2. The Morgan fingerprint density at radius 1 is 1.11 bits per heavy atom. The number of hydrogen-bond acceptors (Lipinski definition) is 2. The number of fused-ring (bicyclic) bond motifs is 1. The van der Waals surface area contributed by atoms with Gasteiger partial charge < -0.3 is 10.1 Å². The van der Waals surface area contributed by atoms with Gasteiger partial charge in [0.2, 0.25) is 0 Å². The summed E-state index contributed by atoms with van der Waals surface area (Å²) in [7, 11) is 0. The van der Waals surface area contributed by atoms with Crippen LogP contribution in [0, 0.1) is 0 Å². The highest BCUT2D eigenvalue weighted by Crippen LogP contribution is 2.19. The zero-order chi connectivity index (χ0) is 13.2. The predicted molar refractivity (Wildman–Crippen MR) is 77.3 cm³/mol. The number of hydrogen-bond donors (Lipinski definition) is 1. The van der Waals surface area contributed by atoms with E-state index in [0.717, 1.165) is 33.9 Å². The molecular formula is C15H14ClN3. The first-order chi connectivity index (χ1) is 9.28. The van der Waals surface area contributed by atoms with Crippen LogP contribution in [-0.4, -0.2) is 9.38 Å². The zero-order valence-corrected chi connectivity index (χ0v) is 11.1. The van der Waals surface area contributed by atoms with Crippen LogP contribution in [0.5, 0.6) is 0 Å². The summed E-state index contributed by atoms with van der Waals surface area (Å²) < 4.78 is 2.01. The molecule has 2 aromatic heterocycles. The number of nitrogens with two attached hydrogens (primary N) is 1. The second kappa shape index (κ2) is 5.03. The van der Waals surface area contributed by atoms with E-state index < -0.39 is 0 Å². The van der Waals surface area contributed by atoms with Crippen LogP contribution < -0.4 is 5.73 Å². The summed E-state index contributed by atoms with van der Waals surface area (Å²) in [6, 6.07) is 11.8. The van der Waals surface area contributed by atoms with Crippen LogP contribution in [0.15, 0.2) is 48.8 Å². The van der Waals surface area contributed by atoms with Gasteiger partial charge in [0, 0.05) is 35.9 Å². The molecule has 0 amide bonds. The average Bonchev–Trinajstić information content (AvgIpc) is 2.83. The lowest BCUT2D eigenvalue weighted by Gasteiger charge is -2.00. The SMILES string of the molecule is NCc1cccn2cc(Cc3ccccc3Cl)nc12. The van der Waals surface area contributed by atoms with E-state index in [1.807, 2.05) is 53.2 Å². The molecule has 0 spiro atoms. The Morgan fingerprint density at radius 3 is 2.68 bits per heavy atom. The molecule has 3 nitrogen and oxygen atoms in total. The molecule has 0 atom stereocenters. The van der Waals surface area contributed by atoms with E-state index in [9.17, 15) is 0 Å². The second-order valence-corrected chi connectivity index (χ2v) is 4.88. The summed E-state index contributed by atoms with van der Waals surface area (Å²) in [6.07, 6.45) is 4.74. The topological polar surface area (TPSA) is 43.3 Å². The van der Waals surface area contributed by atoms with Crippen molar-refractivity contribution in [1.82, 2.24) is 9.38 Å². The van der Waals surface area contributed by atoms with Crippen molar-refractivity contribution < 1.29 is 0 Å². The van der Waals surface area contributed by atoms with E-state index in [-0.39, 0.29) is 0 Å². The summed E-state index contributed by atoms with van der Waals surface area (Å²) in [6.45, 7) is 0.493. The Hall–Kier alpha value is -1.84. The van der Waals surface area contributed by atoms with Crippen LogP contribution in [-0.2, 0) is 13.0 Å². The lowest BCUT2D eigenvalue weighted by atomic mass is 10.1. The number of imidazole rings is 1. The van der Waals surface area contributed by atoms with Gasteiger partial charge in [-0.1, -0.05) is 35.9 Å². The molecule has 0 fully saturated rings. The normalized spacial score (nSPS) is 11.1. The summed E-state index contributed by atoms with van der Waals surface area (Å²) in [5.74, 6) is 0. The molecule has 0 aliphatic rings. The van der Waals surface area contributed by atoms with Gasteiger partial charge in [-0.3, -0.25) is 0 Å². The molecule has 3 rings (SSSR count). The van der Waals surface area contributed by atoms with Gasteiger partial charge >= 0.3 is 0 Å². The minimum absolute atomic E-state index is 0.493. The molecule has 3 aromatic rings. The maximum Gasteiger partial charge on any atom is 0.141 e. The fraction of sp³-hybridized carbons (Fsp3) is 0.133. The predicted octanol–water partition coefficient (Wildman–Crippen LogP) is 3.04. The minimum Gasteiger partial charge on any atom is -0.326 e. The number of halogens is 1. The maximum absolute atomic E-state index is 6.18. The highest BCUT2D eigenvalue weighted by atomic mass is 35.5. The smallest absolute Gasteiger partial charge is 0.141 e. The molecule has 0 aliphatic heterocycles. The van der Waals surface area contributed by atoms with Crippen molar-refractivity contribution in [2.75, 3.05) is 0 Å². The van der Waals surface area contributed by atoms with E-state index in [1.54, 1.807) is 0 Å². The Bertz CT molecular complexity index is 718. The van der Waals surface area contributed by atoms with Crippen molar-refractivity contribution >= 4 is 17.2 Å². The fourth-order valence-corrected chi connectivity index (χ4v) is 2.41. The summed E-state index contributed by atoms with van der Waals surface area (Å²) >= 11 is 6.18. The second-order valence-electron chi connectivity index (χ2n) is 4.47. The van der Waals surface area contributed by atoms with Gasteiger partial charge in [0.15, 0.2) is 0 Å². The lowest BCUT2D eigenvalue weighted by molar-refractivity contribution is 1.04. The van der Waals surface area contributed by atoms with Gasteiger partial charge in [0.1, 0.15) is 5.65 Å². The molecule has 19 heavy (non-hydrogen) atoms. The fourth-order valence-electron chi connectivity index (χ4n) is 2.20. The van der Waals surface area contributed by atoms with Crippen molar-refractivity contribution in [3.8, 4) is 0 Å². The zero-order valence-electron chi connectivity index (χ0n) is 10.4. The molecule has 0 radical (unpaired) electrons. The number of benzene rings is 1. The van der Waals surface area contributed by atoms with Crippen LogP contribution in [0.3, 0.4) is 0 Å². The third-order valence-electron chi connectivity index (χ3n) is 3.16. The van der Waals surface area contributed by atoms with Crippen LogP contribution >= 0.6 is 11.6 Å². The Kier molecular flexibility index (Phi) is 3.23. The highest BCUT2D eigenvalue weighted by Gasteiger charge is 2.07. The van der Waals surface area contributed by atoms with E-state index in [4.69, 9.17) is 17.3 Å². The van der Waals surface area contributed by atoms with E-state index in [1.165, 1.54) is 0 Å². The van der Waals surface area contributed by atoms with Crippen molar-refractivity contribution in [3.05, 3.63) is 70.6 Å². The summed E-state index contributed by atoms with van der Waals surface area (Å²) in [5.41, 5.74) is 9.78. The first-order valence-electron chi connectivity index (χ1n) is 6.17. The van der Waals surface area contributed by atoms with Gasteiger partial charge in [0.05, 0.1) is 5.69 Å². The van der Waals surface area contributed by atoms with Gasteiger partial charge in [-0.25, -0.2) is 4.98 Å². The minimum atomic E-state index is 0.493. The Balaban J connectivity index is 2.00. The van der Waals surface area contributed by atoms with Gasteiger partial charge in [-0.15, -0.1) is 0 Å². The largest absolute Gasteiger partial charge is 0.326 e. The standard InChI is InChI=1S/C15H14ClN3/c16-14-6-2-1-4-11(14)8-13-10-19-7-3-5-12(9-17)15(19)18-13/h1-7,10H,8-9,17H2. The third-order valence-corrected chi connectivity index (χ3v) is 3.53. The Labute approximate surface area is 116 Å². The van der Waals surface area contributed by atoms with Crippen molar-refractivity contribution in [3.63, 3.8) is 0 Å². The van der Waals surface area contributed by atoms with Gasteiger partial charge in [-0.05, 0) is 17.7 Å². The van der Waals surface area contributed by atoms with Crippen molar-refractivity contribution in [1.29, 1.82) is 0 Å². The molecule has 0 unspecified atom stereocenters. The van der Waals surface area contributed by atoms with Crippen LogP contribution in [0.1, 0.15) is 16.8 Å². The lowest BCUT2D eigenvalue weighted by Crippen LogP contribution is -1.99. The third kappa shape index (κ3) is 2.35. The van der Waals surface area contributed by atoms with Crippen molar-refractivity contribution in [2.45, 2.75) is 13.0 Å². The molecular weight excluding hydrogens is 258 g/mol. The highest BCUT2D eigenvalue weighted by molar-refractivity contribution is 6.31. The van der Waals surface area contributed by atoms with Crippen molar-refractivity contribution in [2.24, 2.45) is 5.73 Å². The maximum atomic E-state index is 6.18. The first kappa shape index (κ1) is 12.2. The van der Waals surface area contributed by atoms with Crippen LogP contribution in [0.25, 0.3) is 5.65 Å². The van der Waals surface area contributed by atoms with Crippen LogP contribution in [0.2, 0.25) is 5.02 Å². The molecule has 96 valence electrons. The van der Waals surface area contributed by atoms with Gasteiger partial charge in [0.25, 0.3) is 0 Å². The number of pyridine rings is 1. The number of nitrogens with zero attached hydrogens (tertiary/aromatic N) is 2. The molecule has 1 aromatic carbocycles. The van der Waals surface area contributed by atoms with E-state index in [0.29, 0.717) is 6.54 Å². The van der Waals surface area contributed by atoms with Gasteiger partial charge in [-0.2, -0.15) is 0 Å². The molecule has 0 saturated carbocycles. The van der Waals surface area contributed by atoms with E-state index >= 15 is 0 Å². The summed E-state index contributed by atoms with van der Waals surface area (Å²) in [5, 5.41) is 0.776. The van der Waals surface area contributed by atoms with E-state index in [2.05, 4.69) is 4.98 Å². The van der Waals surface area contributed by atoms with Crippen LogP contribution in [0.4, 0.5) is 0 Å². The molecule has 2 N–H and O–H groups in total.